The van der Waals surface area contributed by atoms with Crippen molar-refractivity contribution in [2.75, 3.05) is 18.0 Å². The van der Waals surface area contributed by atoms with E-state index in [0.29, 0.717) is 0 Å². The molecule has 2 aromatic carbocycles. The standard InChI is InChI=1S/C22H31NO2.CH2O2/c1-5-7-13-23(14-8-6-2)21-16-17(3)15-18(4)22(21)25-20-11-9-19(24)10-12-20;2-1-3/h9-12,15-16,24H,5-8,13-14H2,1-4H3;1H,(H,2,3). The van der Waals surface area contributed by atoms with Crippen LogP contribution in [0.15, 0.2) is 36.4 Å². The van der Waals surface area contributed by atoms with Gasteiger partial charge in [-0.3, -0.25) is 4.79 Å². The number of hydrogen-bond acceptors (Lipinski definition) is 4. The highest BCUT2D eigenvalue weighted by molar-refractivity contribution is 5.64. The summed E-state index contributed by atoms with van der Waals surface area (Å²) in [7, 11) is 0. The molecular weight excluding hydrogens is 354 g/mol. The molecule has 0 radical (unpaired) electrons. The van der Waals surface area contributed by atoms with Crippen LogP contribution in [0.3, 0.4) is 0 Å². The number of unbranched alkanes of at least 4 members (excludes halogenated alkanes) is 2. The number of hydrogen-bond donors (Lipinski definition) is 2. The minimum absolute atomic E-state index is 0.250. The highest BCUT2D eigenvalue weighted by atomic mass is 16.5. The molecule has 0 aromatic heterocycles. The van der Waals surface area contributed by atoms with Crippen LogP contribution in [-0.2, 0) is 4.79 Å². The molecule has 0 unspecified atom stereocenters. The summed E-state index contributed by atoms with van der Waals surface area (Å²) in [6.45, 7) is 10.5. The van der Waals surface area contributed by atoms with E-state index in [4.69, 9.17) is 14.6 Å². The molecule has 5 heteroatoms. The van der Waals surface area contributed by atoms with E-state index in [1.807, 2.05) is 0 Å². The summed E-state index contributed by atoms with van der Waals surface area (Å²) in [6, 6.07) is 11.3. The van der Waals surface area contributed by atoms with Crippen LogP contribution in [0.4, 0.5) is 5.69 Å². The molecule has 0 aliphatic heterocycles. The molecule has 2 N–H and O–H groups in total. The minimum atomic E-state index is -0.250. The SMILES string of the molecule is CCCCN(CCCC)c1cc(C)cc(C)c1Oc1ccc(O)cc1.O=CO. The third-order valence-corrected chi connectivity index (χ3v) is 4.36. The molecule has 0 fully saturated rings. The number of nitrogens with zero attached hydrogens (tertiary/aromatic N) is 1. The van der Waals surface area contributed by atoms with Crippen LogP contribution in [0.5, 0.6) is 17.2 Å². The maximum absolute atomic E-state index is 9.49. The van der Waals surface area contributed by atoms with Gasteiger partial charge in [-0.25, -0.2) is 0 Å². The van der Waals surface area contributed by atoms with E-state index in [1.54, 1.807) is 24.3 Å². The normalized spacial score (nSPS) is 10.0. The molecule has 0 bridgehead atoms. The van der Waals surface area contributed by atoms with Crippen LogP contribution in [-0.4, -0.2) is 29.8 Å². The van der Waals surface area contributed by atoms with Crippen molar-refractivity contribution in [3.63, 3.8) is 0 Å². The second-order valence-corrected chi connectivity index (χ2v) is 6.83. The summed E-state index contributed by atoms with van der Waals surface area (Å²) >= 11 is 0. The van der Waals surface area contributed by atoms with Crippen molar-refractivity contribution in [2.24, 2.45) is 0 Å². The van der Waals surface area contributed by atoms with Gasteiger partial charge in [0.1, 0.15) is 11.5 Å². The lowest BCUT2D eigenvalue weighted by atomic mass is 10.1. The summed E-state index contributed by atoms with van der Waals surface area (Å²) in [6.07, 6.45) is 4.72. The van der Waals surface area contributed by atoms with E-state index in [0.717, 1.165) is 30.2 Å². The smallest absolute Gasteiger partial charge is 0.290 e. The van der Waals surface area contributed by atoms with Crippen LogP contribution in [0.1, 0.15) is 50.7 Å². The summed E-state index contributed by atoms with van der Waals surface area (Å²) in [4.78, 5) is 10.8. The molecule has 0 atom stereocenters. The summed E-state index contributed by atoms with van der Waals surface area (Å²) < 4.78 is 6.24. The van der Waals surface area contributed by atoms with Gasteiger partial charge in [-0.05, 0) is 68.1 Å². The van der Waals surface area contributed by atoms with E-state index in [9.17, 15) is 5.11 Å². The molecule has 0 amide bonds. The number of aryl methyl sites for hydroxylation is 2. The molecule has 2 rings (SSSR count). The molecular formula is C23H33NO4. The minimum Gasteiger partial charge on any atom is -0.508 e. The van der Waals surface area contributed by atoms with E-state index in [-0.39, 0.29) is 12.2 Å². The van der Waals surface area contributed by atoms with Crippen LogP contribution in [0.2, 0.25) is 0 Å². The Morgan fingerprint density at radius 3 is 2.04 bits per heavy atom. The largest absolute Gasteiger partial charge is 0.508 e. The highest BCUT2D eigenvalue weighted by Crippen LogP contribution is 2.37. The Morgan fingerprint density at radius 1 is 1.00 bits per heavy atom. The maximum atomic E-state index is 9.49. The highest BCUT2D eigenvalue weighted by Gasteiger charge is 2.16. The van der Waals surface area contributed by atoms with Crippen molar-refractivity contribution in [1.29, 1.82) is 0 Å². The Kier molecular flexibility index (Phi) is 10.6. The Morgan fingerprint density at radius 2 is 1.54 bits per heavy atom. The van der Waals surface area contributed by atoms with Gasteiger partial charge in [0.25, 0.3) is 6.47 Å². The molecule has 5 nitrogen and oxygen atoms in total. The van der Waals surface area contributed by atoms with Crippen LogP contribution in [0, 0.1) is 13.8 Å². The van der Waals surface area contributed by atoms with E-state index < -0.39 is 0 Å². The van der Waals surface area contributed by atoms with Gasteiger partial charge in [0.05, 0.1) is 5.69 Å². The first kappa shape index (κ1) is 23.3. The predicted octanol–water partition coefficient (Wildman–Crippen LogP) is 5.91. The lowest BCUT2D eigenvalue weighted by Gasteiger charge is -2.28. The van der Waals surface area contributed by atoms with Gasteiger partial charge in [0.2, 0.25) is 0 Å². The second-order valence-electron chi connectivity index (χ2n) is 6.83. The lowest BCUT2D eigenvalue weighted by Crippen LogP contribution is -2.26. The number of carbonyl (C=O) groups is 1. The lowest BCUT2D eigenvalue weighted by molar-refractivity contribution is -0.122. The van der Waals surface area contributed by atoms with Gasteiger partial charge in [0, 0.05) is 13.1 Å². The van der Waals surface area contributed by atoms with E-state index >= 15 is 0 Å². The summed E-state index contributed by atoms with van der Waals surface area (Å²) in [5, 5.41) is 16.4. The monoisotopic (exact) mass is 387 g/mol. The fourth-order valence-corrected chi connectivity index (χ4v) is 2.98. The summed E-state index contributed by atoms with van der Waals surface area (Å²) in [5.41, 5.74) is 3.57. The maximum Gasteiger partial charge on any atom is 0.290 e. The molecule has 0 saturated heterocycles. The third kappa shape index (κ3) is 7.51. The number of phenolic OH excluding ortho intramolecular Hbond substituents is 1. The Labute approximate surface area is 168 Å². The number of benzene rings is 2. The van der Waals surface area contributed by atoms with E-state index in [1.165, 1.54) is 36.9 Å². The molecule has 2 aromatic rings. The quantitative estimate of drug-likeness (QED) is 0.524. The fraction of sp³-hybridized carbons (Fsp3) is 0.435. The van der Waals surface area contributed by atoms with Crippen molar-refractivity contribution < 1.29 is 19.7 Å². The molecule has 28 heavy (non-hydrogen) atoms. The molecule has 154 valence electrons. The van der Waals surface area contributed by atoms with E-state index in [2.05, 4.69) is 44.7 Å². The van der Waals surface area contributed by atoms with Crippen LogP contribution >= 0.6 is 0 Å². The predicted molar refractivity (Wildman–Crippen MR) is 115 cm³/mol. The fourth-order valence-electron chi connectivity index (χ4n) is 2.98. The Bertz CT molecular complexity index is 705. The molecule has 0 aliphatic rings. The number of anilines is 1. The third-order valence-electron chi connectivity index (χ3n) is 4.36. The van der Waals surface area contributed by atoms with Gasteiger partial charge in [0.15, 0.2) is 5.75 Å². The number of rotatable bonds is 9. The second kappa shape index (κ2) is 12.7. The summed E-state index contributed by atoms with van der Waals surface area (Å²) in [5.74, 6) is 1.92. The average Bonchev–Trinajstić information content (AvgIpc) is 2.66. The van der Waals surface area contributed by atoms with Gasteiger partial charge in [-0.2, -0.15) is 0 Å². The molecule has 0 aliphatic carbocycles. The van der Waals surface area contributed by atoms with Crippen LogP contribution < -0.4 is 9.64 Å². The van der Waals surface area contributed by atoms with Crippen molar-refractivity contribution in [1.82, 2.24) is 0 Å². The zero-order chi connectivity index (χ0) is 20.9. The zero-order valence-electron chi connectivity index (χ0n) is 17.4. The number of ether oxygens (including phenoxy) is 1. The van der Waals surface area contributed by atoms with Crippen molar-refractivity contribution in [2.45, 2.75) is 53.4 Å². The number of phenols is 1. The molecule has 0 spiro atoms. The Balaban J connectivity index is 0.00000122. The number of carboxylic acid groups (broad SMARTS) is 1. The van der Waals surface area contributed by atoms with Crippen molar-refractivity contribution in [3.05, 3.63) is 47.5 Å². The van der Waals surface area contributed by atoms with Gasteiger partial charge >= 0.3 is 0 Å². The van der Waals surface area contributed by atoms with Gasteiger partial charge < -0.3 is 19.8 Å². The van der Waals surface area contributed by atoms with Crippen molar-refractivity contribution >= 4 is 12.2 Å². The first-order valence-electron chi connectivity index (χ1n) is 9.87. The first-order chi connectivity index (χ1) is 13.5. The number of aromatic hydroxyl groups is 1. The van der Waals surface area contributed by atoms with Gasteiger partial charge in [-0.1, -0.05) is 32.8 Å². The topological polar surface area (TPSA) is 70.0 Å². The first-order valence-corrected chi connectivity index (χ1v) is 9.87. The zero-order valence-corrected chi connectivity index (χ0v) is 17.4. The van der Waals surface area contributed by atoms with Crippen LogP contribution in [0.25, 0.3) is 0 Å². The average molecular weight is 388 g/mol. The molecule has 0 saturated carbocycles. The van der Waals surface area contributed by atoms with Crippen molar-refractivity contribution in [3.8, 4) is 17.2 Å². The molecule has 0 heterocycles. The Hall–Kier alpha value is -2.69. The van der Waals surface area contributed by atoms with Gasteiger partial charge in [-0.15, -0.1) is 0 Å².